The first-order valence-corrected chi connectivity index (χ1v) is 14.6. The Bertz CT molecular complexity index is 1650. The number of anilines is 2. The molecule has 2 aliphatic rings. The van der Waals surface area contributed by atoms with Gasteiger partial charge in [-0.25, -0.2) is 0 Å². The van der Waals surface area contributed by atoms with Gasteiger partial charge in [-0.2, -0.15) is 0 Å². The lowest BCUT2D eigenvalue weighted by molar-refractivity contribution is -0.116. The molecule has 4 aromatic carbocycles. The molecular formula is C36H36N2O5. The summed E-state index contributed by atoms with van der Waals surface area (Å²) in [6.45, 7) is 2.90. The molecule has 2 unspecified atom stereocenters. The van der Waals surface area contributed by atoms with Crippen molar-refractivity contribution in [2.45, 2.75) is 38.3 Å². The summed E-state index contributed by atoms with van der Waals surface area (Å²) in [4.78, 5) is 14.1. The van der Waals surface area contributed by atoms with E-state index in [1.54, 1.807) is 14.2 Å². The number of allylic oxidation sites excluding steroid dienone is 1. The molecule has 1 aliphatic carbocycles. The van der Waals surface area contributed by atoms with Gasteiger partial charge in [-0.05, 0) is 72.4 Å². The van der Waals surface area contributed by atoms with E-state index >= 15 is 0 Å². The molecule has 0 amide bonds. The van der Waals surface area contributed by atoms with Gasteiger partial charge in [0, 0.05) is 17.7 Å². The Morgan fingerprint density at radius 3 is 2.19 bits per heavy atom. The Morgan fingerprint density at radius 2 is 1.42 bits per heavy atom. The Kier molecular flexibility index (Phi) is 8.22. The molecule has 7 heteroatoms. The monoisotopic (exact) mass is 576 g/mol. The highest BCUT2D eigenvalue weighted by Gasteiger charge is 2.36. The number of fused-ring (bicyclic) bond motifs is 1. The number of hydrogen-bond acceptors (Lipinski definition) is 7. The van der Waals surface area contributed by atoms with Crippen molar-refractivity contribution in [2.24, 2.45) is 0 Å². The Morgan fingerprint density at radius 1 is 0.721 bits per heavy atom. The lowest BCUT2D eigenvalue weighted by Crippen LogP contribution is -2.27. The number of carbonyl (C=O) groups is 1. The van der Waals surface area contributed by atoms with E-state index in [0.29, 0.717) is 49.1 Å². The van der Waals surface area contributed by atoms with E-state index < -0.39 is 0 Å². The highest BCUT2D eigenvalue weighted by atomic mass is 16.5. The van der Waals surface area contributed by atoms with Gasteiger partial charge in [-0.1, -0.05) is 54.6 Å². The molecule has 2 N–H and O–H groups in total. The van der Waals surface area contributed by atoms with Crippen LogP contribution in [0.3, 0.4) is 0 Å². The molecule has 0 saturated carbocycles. The van der Waals surface area contributed by atoms with Crippen LogP contribution < -0.4 is 29.6 Å². The molecule has 0 aromatic heterocycles. The lowest BCUT2D eigenvalue weighted by atomic mass is 9.78. The van der Waals surface area contributed by atoms with Gasteiger partial charge in [-0.15, -0.1) is 0 Å². The average Bonchev–Trinajstić information content (AvgIpc) is 3.21. The summed E-state index contributed by atoms with van der Waals surface area (Å²) in [5.74, 6) is 2.73. The zero-order chi connectivity index (χ0) is 29.8. The highest BCUT2D eigenvalue weighted by Crippen LogP contribution is 2.46. The summed E-state index contributed by atoms with van der Waals surface area (Å²) in [6, 6.07) is 29.6. The van der Waals surface area contributed by atoms with Crippen LogP contribution >= 0.6 is 0 Å². The minimum Gasteiger partial charge on any atom is -0.493 e. The molecule has 0 saturated heterocycles. The smallest absolute Gasteiger partial charge is 0.163 e. The summed E-state index contributed by atoms with van der Waals surface area (Å²) in [5, 5.41) is 7.28. The second-order valence-corrected chi connectivity index (χ2v) is 10.7. The van der Waals surface area contributed by atoms with Crippen LogP contribution in [-0.4, -0.2) is 26.6 Å². The third kappa shape index (κ3) is 5.89. The molecule has 43 heavy (non-hydrogen) atoms. The lowest BCUT2D eigenvalue weighted by Gasteiger charge is -2.30. The first kappa shape index (κ1) is 28.2. The van der Waals surface area contributed by atoms with Crippen molar-refractivity contribution < 1.29 is 23.7 Å². The van der Waals surface area contributed by atoms with Crippen LogP contribution in [0.5, 0.6) is 23.0 Å². The van der Waals surface area contributed by atoms with Crippen LogP contribution in [0.2, 0.25) is 0 Å². The van der Waals surface area contributed by atoms with Crippen LogP contribution in [0, 0.1) is 0 Å². The molecule has 4 aromatic rings. The van der Waals surface area contributed by atoms with E-state index in [0.717, 1.165) is 39.3 Å². The summed E-state index contributed by atoms with van der Waals surface area (Å²) >= 11 is 0. The van der Waals surface area contributed by atoms with Gasteiger partial charge >= 0.3 is 0 Å². The van der Waals surface area contributed by atoms with E-state index in [2.05, 4.69) is 10.6 Å². The van der Waals surface area contributed by atoms with E-state index in [4.69, 9.17) is 18.9 Å². The van der Waals surface area contributed by atoms with Gasteiger partial charge in [0.1, 0.15) is 6.61 Å². The van der Waals surface area contributed by atoms with E-state index in [-0.39, 0.29) is 17.7 Å². The summed E-state index contributed by atoms with van der Waals surface area (Å²) in [6.07, 6.45) is 1.07. The maximum Gasteiger partial charge on any atom is 0.163 e. The first-order chi connectivity index (χ1) is 21.1. The minimum atomic E-state index is -0.376. The van der Waals surface area contributed by atoms with Crippen LogP contribution in [0.1, 0.15) is 48.4 Å². The molecule has 0 spiro atoms. The van der Waals surface area contributed by atoms with Crippen molar-refractivity contribution in [1.82, 2.24) is 0 Å². The maximum absolute atomic E-state index is 14.1. The van der Waals surface area contributed by atoms with Gasteiger partial charge < -0.3 is 29.6 Å². The Hall–Kier alpha value is -4.91. The van der Waals surface area contributed by atoms with E-state index in [9.17, 15) is 4.79 Å². The van der Waals surface area contributed by atoms with E-state index in [1.807, 2.05) is 97.9 Å². The number of ether oxygens (including phenoxy) is 4. The molecule has 1 aliphatic heterocycles. The van der Waals surface area contributed by atoms with Gasteiger partial charge in [0.05, 0.1) is 38.2 Å². The second kappa shape index (κ2) is 12.5. The van der Waals surface area contributed by atoms with Crippen LogP contribution in [0.4, 0.5) is 11.4 Å². The van der Waals surface area contributed by atoms with Gasteiger partial charge in [-0.3, -0.25) is 4.79 Å². The summed E-state index contributed by atoms with van der Waals surface area (Å²) in [7, 11) is 3.27. The topological polar surface area (TPSA) is 78.1 Å². The molecule has 0 radical (unpaired) electrons. The zero-order valence-electron chi connectivity index (χ0n) is 24.7. The molecule has 2 atom stereocenters. The number of nitrogens with one attached hydrogen (secondary N) is 2. The largest absolute Gasteiger partial charge is 0.493 e. The Balaban J connectivity index is 1.37. The summed E-state index contributed by atoms with van der Waals surface area (Å²) < 4.78 is 23.2. The fourth-order valence-electron chi connectivity index (χ4n) is 5.91. The standard InChI is InChI=1S/C36H36N2O5/c1-4-42-32-17-14-24(20-33(32)41-3)26-18-29-35(30(39)19-26)36(38-28-13-9-8-12-27(28)37-29)25-15-16-31(40-2)34(21-25)43-22-23-10-6-5-7-11-23/h5-17,20-21,26,36-38H,4,18-19,22H2,1-3H3. The molecule has 0 bridgehead atoms. The van der Waals surface area contributed by atoms with Gasteiger partial charge in [0.2, 0.25) is 0 Å². The van der Waals surface area contributed by atoms with Crippen LogP contribution in [-0.2, 0) is 11.4 Å². The van der Waals surface area contributed by atoms with Gasteiger partial charge in [0.25, 0.3) is 0 Å². The Labute approximate surface area is 252 Å². The van der Waals surface area contributed by atoms with E-state index in [1.165, 1.54) is 0 Å². The number of hydrogen-bond donors (Lipinski definition) is 2. The third-order valence-electron chi connectivity index (χ3n) is 8.03. The van der Waals surface area contributed by atoms with Crippen LogP contribution in [0.25, 0.3) is 0 Å². The molecule has 1 heterocycles. The number of Topliss-reactive ketones (excluding diaryl/α,β-unsaturated/α-hetero) is 1. The maximum atomic E-state index is 14.1. The fourth-order valence-corrected chi connectivity index (χ4v) is 5.91. The van der Waals surface area contributed by atoms with Crippen LogP contribution in [0.15, 0.2) is 102 Å². The number of methoxy groups -OCH3 is 2. The van der Waals surface area contributed by atoms with Crippen molar-refractivity contribution in [3.63, 3.8) is 0 Å². The molecule has 7 nitrogen and oxygen atoms in total. The predicted molar refractivity (Wildman–Crippen MR) is 168 cm³/mol. The van der Waals surface area contributed by atoms with Crippen molar-refractivity contribution in [1.29, 1.82) is 0 Å². The van der Waals surface area contributed by atoms with Crippen molar-refractivity contribution in [2.75, 3.05) is 31.5 Å². The van der Waals surface area contributed by atoms with Crippen molar-refractivity contribution in [3.8, 4) is 23.0 Å². The highest BCUT2D eigenvalue weighted by molar-refractivity contribution is 6.01. The van der Waals surface area contributed by atoms with Gasteiger partial charge in [0.15, 0.2) is 28.8 Å². The van der Waals surface area contributed by atoms with Crippen molar-refractivity contribution in [3.05, 3.63) is 119 Å². The third-order valence-corrected chi connectivity index (χ3v) is 8.03. The SMILES string of the molecule is CCOc1ccc(C2CC(=O)C3=C(C2)Nc2ccccc2NC3c2ccc(OC)c(OCc3ccccc3)c2)cc1OC. The number of ketones is 1. The average molecular weight is 577 g/mol. The number of para-hydroxylation sites is 2. The number of rotatable bonds is 9. The second-order valence-electron chi connectivity index (χ2n) is 10.7. The van der Waals surface area contributed by atoms with Crippen molar-refractivity contribution >= 4 is 17.2 Å². The predicted octanol–water partition coefficient (Wildman–Crippen LogP) is 7.66. The zero-order valence-corrected chi connectivity index (χ0v) is 24.7. The number of benzene rings is 4. The molecule has 0 fully saturated rings. The normalized spacial score (nSPS) is 17.5. The first-order valence-electron chi connectivity index (χ1n) is 14.6. The molecule has 6 rings (SSSR count). The molecular weight excluding hydrogens is 540 g/mol. The quantitative estimate of drug-likeness (QED) is 0.212. The minimum absolute atomic E-state index is 0.00475. The molecule has 220 valence electrons. The summed E-state index contributed by atoms with van der Waals surface area (Å²) in [5.41, 5.74) is 6.55. The fraction of sp³-hybridized carbons (Fsp3) is 0.250. The number of carbonyl (C=O) groups excluding carboxylic acids is 1.